The highest BCUT2D eigenvalue weighted by Gasteiger charge is 2.20. The Balaban J connectivity index is 1.76. The lowest BCUT2D eigenvalue weighted by Crippen LogP contribution is -2.01. The maximum absolute atomic E-state index is 13.0. The number of fused-ring (bicyclic) bond motifs is 3. The number of hydrogen-bond acceptors (Lipinski definition) is 4. The molecule has 0 aliphatic heterocycles. The number of imidazole rings is 2. The molecule has 6 nitrogen and oxygen atoms in total. The van der Waals surface area contributed by atoms with E-state index in [1.54, 1.807) is 26.4 Å². The number of nitrogens with zero attached hydrogens (tertiary/aromatic N) is 3. The van der Waals surface area contributed by atoms with E-state index in [9.17, 15) is 4.79 Å². The molecule has 0 unspecified atom stereocenters. The fourth-order valence-corrected chi connectivity index (χ4v) is 3.51. The second-order valence-electron chi connectivity index (χ2n) is 6.54. The van der Waals surface area contributed by atoms with Crippen molar-refractivity contribution in [3.05, 3.63) is 65.5 Å². The van der Waals surface area contributed by atoms with Gasteiger partial charge in [0.1, 0.15) is 5.69 Å². The van der Waals surface area contributed by atoms with Crippen LogP contribution in [0.1, 0.15) is 21.7 Å². The standard InChI is InChI=1S/C22H21N3O3/c1-14-21(25-17-8-6-5-7-16(17)24(2)22(25)23-14)18(26)11-9-15-10-12-19(27-3)20(13-15)28-4/h5-13H,1-4H3/b11-9+. The smallest absolute Gasteiger partial charge is 0.215 e. The van der Waals surface area contributed by atoms with E-state index >= 15 is 0 Å². The normalized spacial score (nSPS) is 11.6. The van der Waals surface area contributed by atoms with E-state index in [4.69, 9.17) is 9.47 Å². The van der Waals surface area contributed by atoms with Gasteiger partial charge in [0, 0.05) is 7.05 Å². The van der Waals surface area contributed by atoms with Gasteiger partial charge in [0.25, 0.3) is 0 Å². The Bertz CT molecular complexity index is 1230. The van der Waals surface area contributed by atoms with Gasteiger partial charge in [-0.3, -0.25) is 9.20 Å². The van der Waals surface area contributed by atoms with Crippen LogP contribution in [0.5, 0.6) is 11.5 Å². The Kier molecular flexibility index (Phi) is 4.39. The zero-order valence-corrected chi connectivity index (χ0v) is 16.3. The molecule has 0 saturated heterocycles. The largest absolute Gasteiger partial charge is 0.493 e. The first-order valence-corrected chi connectivity index (χ1v) is 8.92. The first-order chi connectivity index (χ1) is 13.5. The molecule has 2 aromatic carbocycles. The summed E-state index contributed by atoms with van der Waals surface area (Å²) in [7, 11) is 5.13. The molecule has 28 heavy (non-hydrogen) atoms. The monoisotopic (exact) mass is 375 g/mol. The van der Waals surface area contributed by atoms with Crippen LogP contribution >= 0.6 is 0 Å². The van der Waals surface area contributed by atoms with Crippen molar-refractivity contribution in [1.82, 2.24) is 14.0 Å². The van der Waals surface area contributed by atoms with Gasteiger partial charge in [-0.25, -0.2) is 4.98 Å². The van der Waals surface area contributed by atoms with Gasteiger partial charge >= 0.3 is 0 Å². The summed E-state index contributed by atoms with van der Waals surface area (Å²) < 4.78 is 14.5. The van der Waals surface area contributed by atoms with Crippen molar-refractivity contribution in [2.24, 2.45) is 7.05 Å². The first kappa shape index (κ1) is 17.9. The Morgan fingerprint density at radius 3 is 2.46 bits per heavy atom. The number of methoxy groups -OCH3 is 2. The van der Waals surface area contributed by atoms with Gasteiger partial charge in [0.05, 0.1) is 30.9 Å². The van der Waals surface area contributed by atoms with Gasteiger partial charge < -0.3 is 14.0 Å². The molecular weight excluding hydrogens is 354 g/mol. The van der Waals surface area contributed by atoms with Crippen molar-refractivity contribution < 1.29 is 14.3 Å². The Morgan fingerprint density at radius 1 is 1.04 bits per heavy atom. The Labute approximate surface area is 162 Å². The van der Waals surface area contributed by atoms with Gasteiger partial charge in [-0.2, -0.15) is 0 Å². The minimum Gasteiger partial charge on any atom is -0.493 e. The maximum Gasteiger partial charge on any atom is 0.215 e. The second-order valence-corrected chi connectivity index (χ2v) is 6.54. The van der Waals surface area contributed by atoms with E-state index in [-0.39, 0.29) is 5.78 Å². The molecule has 2 aromatic heterocycles. The summed E-state index contributed by atoms with van der Waals surface area (Å²) in [6.07, 6.45) is 3.34. The number of para-hydroxylation sites is 2. The van der Waals surface area contributed by atoms with Gasteiger partial charge in [-0.15, -0.1) is 0 Å². The molecule has 4 aromatic rings. The fraction of sp³-hybridized carbons (Fsp3) is 0.182. The zero-order valence-electron chi connectivity index (χ0n) is 16.3. The molecule has 0 aliphatic carbocycles. The second kappa shape index (κ2) is 6.88. The van der Waals surface area contributed by atoms with Crippen LogP contribution in [0.25, 0.3) is 22.9 Å². The van der Waals surface area contributed by atoms with E-state index in [1.807, 2.05) is 65.4 Å². The molecule has 0 radical (unpaired) electrons. The summed E-state index contributed by atoms with van der Waals surface area (Å²) in [6, 6.07) is 13.5. The van der Waals surface area contributed by atoms with Gasteiger partial charge in [0.15, 0.2) is 11.5 Å². The van der Waals surface area contributed by atoms with Crippen molar-refractivity contribution in [2.45, 2.75) is 6.92 Å². The molecule has 2 heterocycles. The highest BCUT2D eigenvalue weighted by atomic mass is 16.5. The lowest BCUT2D eigenvalue weighted by molar-refractivity contribution is 0.104. The Morgan fingerprint density at radius 2 is 1.75 bits per heavy atom. The lowest BCUT2D eigenvalue weighted by atomic mass is 10.1. The van der Waals surface area contributed by atoms with Gasteiger partial charge in [-0.1, -0.05) is 24.3 Å². The van der Waals surface area contributed by atoms with Crippen LogP contribution in [0, 0.1) is 6.92 Å². The SMILES string of the molecule is COc1ccc(/C=C/C(=O)c2c(C)nc3n(C)c4ccccc4n23)cc1OC. The number of aromatic nitrogens is 3. The summed E-state index contributed by atoms with van der Waals surface area (Å²) in [5.74, 6) is 1.92. The quantitative estimate of drug-likeness (QED) is 0.390. The van der Waals surface area contributed by atoms with Crippen LogP contribution in [-0.2, 0) is 7.05 Å². The molecule has 0 N–H and O–H groups in total. The van der Waals surface area contributed by atoms with Crippen molar-refractivity contribution in [3.63, 3.8) is 0 Å². The van der Waals surface area contributed by atoms with Crippen molar-refractivity contribution >= 4 is 28.7 Å². The topological polar surface area (TPSA) is 57.8 Å². The third-order valence-electron chi connectivity index (χ3n) is 4.89. The van der Waals surface area contributed by atoms with E-state index in [0.29, 0.717) is 22.9 Å². The molecular formula is C22H21N3O3. The maximum atomic E-state index is 13.0. The fourth-order valence-electron chi connectivity index (χ4n) is 3.51. The summed E-state index contributed by atoms with van der Waals surface area (Å²) in [4.78, 5) is 17.6. The van der Waals surface area contributed by atoms with Crippen LogP contribution in [0.4, 0.5) is 0 Å². The summed E-state index contributed by atoms with van der Waals surface area (Å²) in [5.41, 5.74) is 4.12. The van der Waals surface area contributed by atoms with Crippen molar-refractivity contribution in [3.8, 4) is 11.5 Å². The average molecular weight is 375 g/mol. The minimum absolute atomic E-state index is 0.101. The molecule has 0 saturated carbocycles. The molecule has 0 atom stereocenters. The number of ketones is 1. The number of rotatable bonds is 5. The summed E-state index contributed by atoms with van der Waals surface area (Å²) in [6.45, 7) is 1.86. The van der Waals surface area contributed by atoms with E-state index in [2.05, 4.69) is 4.98 Å². The average Bonchev–Trinajstić information content (AvgIpc) is 3.20. The molecule has 0 fully saturated rings. The molecule has 0 amide bonds. The Hall–Kier alpha value is -3.54. The van der Waals surface area contributed by atoms with Crippen LogP contribution in [0.2, 0.25) is 0 Å². The number of hydrogen-bond donors (Lipinski definition) is 0. The third kappa shape index (κ3) is 2.74. The highest BCUT2D eigenvalue weighted by molar-refractivity contribution is 6.08. The number of carbonyl (C=O) groups is 1. The predicted molar refractivity (Wildman–Crippen MR) is 109 cm³/mol. The predicted octanol–water partition coefficient (Wildman–Crippen LogP) is 4.05. The van der Waals surface area contributed by atoms with Crippen molar-refractivity contribution in [1.29, 1.82) is 0 Å². The van der Waals surface area contributed by atoms with E-state index in [1.165, 1.54) is 0 Å². The molecule has 6 heteroatoms. The first-order valence-electron chi connectivity index (χ1n) is 8.92. The molecule has 0 bridgehead atoms. The molecule has 0 spiro atoms. The number of allylic oxidation sites excluding steroid dienone is 1. The van der Waals surface area contributed by atoms with Gasteiger partial charge in [0.2, 0.25) is 11.6 Å². The number of aryl methyl sites for hydroxylation is 2. The van der Waals surface area contributed by atoms with Crippen LogP contribution in [0.3, 0.4) is 0 Å². The number of benzene rings is 2. The van der Waals surface area contributed by atoms with Crippen LogP contribution in [0.15, 0.2) is 48.5 Å². The summed E-state index contributed by atoms with van der Waals surface area (Å²) in [5, 5.41) is 0. The summed E-state index contributed by atoms with van der Waals surface area (Å²) >= 11 is 0. The third-order valence-corrected chi connectivity index (χ3v) is 4.89. The van der Waals surface area contributed by atoms with E-state index in [0.717, 1.165) is 22.4 Å². The molecule has 4 rings (SSSR count). The van der Waals surface area contributed by atoms with Crippen LogP contribution in [-0.4, -0.2) is 34.0 Å². The number of ether oxygens (including phenoxy) is 2. The number of carbonyl (C=O) groups excluding carboxylic acids is 1. The zero-order chi connectivity index (χ0) is 19.8. The highest BCUT2D eigenvalue weighted by Crippen LogP contribution is 2.28. The molecule has 142 valence electrons. The molecule has 0 aliphatic rings. The minimum atomic E-state index is -0.101. The van der Waals surface area contributed by atoms with E-state index < -0.39 is 0 Å². The lowest BCUT2D eigenvalue weighted by Gasteiger charge is -2.07. The van der Waals surface area contributed by atoms with Crippen LogP contribution < -0.4 is 9.47 Å². The van der Waals surface area contributed by atoms with Gasteiger partial charge in [-0.05, 0) is 42.8 Å². The van der Waals surface area contributed by atoms with Crippen molar-refractivity contribution in [2.75, 3.05) is 14.2 Å².